The lowest BCUT2D eigenvalue weighted by Gasteiger charge is -2.23. The van der Waals surface area contributed by atoms with Crippen LogP contribution in [0, 0.1) is 5.92 Å². The second kappa shape index (κ2) is 6.11. The molecule has 3 rings (SSSR count). The normalized spacial score (nSPS) is 24.1. The van der Waals surface area contributed by atoms with Gasteiger partial charge in [0.1, 0.15) is 5.60 Å². The number of aryl methyl sites for hydroxylation is 1. The molecule has 1 saturated heterocycles. The number of rotatable bonds is 3. The first-order valence-corrected chi connectivity index (χ1v) is 8.50. The number of hydrogen-bond acceptors (Lipinski definition) is 4. The van der Waals surface area contributed by atoms with Crippen molar-refractivity contribution in [3.8, 4) is 0 Å². The number of carbonyl (C=O) groups is 2. The Hall–Kier alpha value is -2.05. The van der Waals surface area contributed by atoms with Crippen molar-refractivity contribution >= 4 is 12.0 Å². The molecule has 0 spiro atoms. The fourth-order valence-corrected chi connectivity index (χ4v) is 3.15. The van der Waals surface area contributed by atoms with Gasteiger partial charge in [0.2, 0.25) is 5.91 Å². The van der Waals surface area contributed by atoms with E-state index >= 15 is 0 Å². The lowest BCUT2D eigenvalue weighted by Crippen LogP contribution is -2.43. The van der Waals surface area contributed by atoms with Crippen molar-refractivity contribution in [1.29, 1.82) is 0 Å². The lowest BCUT2D eigenvalue weighted by molar-refractivity contribution is -0.131. The molecule has 0 radical (unpaired) electrons. The van der Waals surface area contributed by atoms with Crippen molar-refractivity contribution in [3.05, 3.63) is 18.0 Å². The minimum absolute atomic E-state index is 0.0360. The number of nitrogens with one attached hydrogen (secondary N) is 1. The standard InChI is InChI=1S/C17H26N4O3/c1-17(2,3)24-16(23)19-14-10-21(15(22)11-5-6-11)9-13(14)12-7-18-20(4)8-12/h7-8,11,13-14H,5-6,9-10H2,1-4H3,(H,19,23)/t13-,14+/m0/s1. The van der Waals surface area contributed by atoms with E-state index in [0.29, 0.717) is 13.1 Å². The van der Waals surface area contributed by atoms with Gasteiger partial charge in [-0.1, -0.05) is 0 Å². The molecule has 2 atom stereocenters. The molecule has 1 aromatic heterocycles. The van der Waals surface area contributed by atoms with Crippen molar-refractivity contribution in [1.82, 2.24) is 20.0 Å². The minimum Gasteiger partial charge on any atom is -0.444 e. The summed E-state index contributed by atoms with van der Waals surface area (Å²) in [4.78, 5) is 26.4. The summed E-state index contributed by atoms with van der Waals surface area (Å²) in [5, 5.41) is 7.17. The van der Waals surface area contributed by atoms with E-state index in [4.69, 9.17) is 4.74 Å². The van der Waals surface area contributed by atoms with E-state index in [2.05, 4.69) is 10.4 Å². The first-order valence-electron chi connectivity index (χ1n) is 8.50. The lowest BCUT2D eigenvalue weighted by atomic mass is 9.97. The number of ether oxygens (including phenoxy) is 1. The molecule has 1 aliphatic carbocycles. The van der Waals surface area contributed by atoms with Gasteiger partial charge in [-0.05, 0) is 39.2 Å². The van der Waals surface area contributed by atoms with Crippen LogP contribution in [0.1, 0.15) is 45.1 Å². The maximum absolute atomic E-state index is 12.4. The third-order valence-corrected chi connectivity index (χ3v) is 4.41. The number of alkyl carbamates (subject to hydrolysis) is 1. The molecule has 7 nitrogen and oxygen atoms in total. The number of hydrogen-bond donors (Lipinski definition) is 1. The van der Waals surface area contributed by atoms with Crippen LogP contribution in [-0.2, 0) is 16.6 Å². The molecule has 2 amide bonds. The van der Waals surface area contributed by atoms with Crippen molar-refractivity contribution in [2.45, 2.75) is 51.2 Å². The van der Waals surface area contributed by atoms with Crippen LogP contribution in [-0.4, -0.2) is 51.4 Å². The molecule has 1 saturated carbocycles. The molecule has 7 heteroatoms. The van der Waals surface area contributed by atoms with E-state index in [-0.39, 0.29) is 23.8 Å². The number of likely N-dealkylation sites (tertiary alicyclic amines) is 1. The molecule has 2 heterocycles. The first-order chi connectivity index (χ1) is 11.2. The maximum Gasteiger partial charge on any atom is 0.407 e. The van der Waals surface area contributed by atoms with Gasteiger partial charge < -0.3 is 15.0 Å². The largest absolute Gasteiger partial charge is 0.444 e. The Morgan fingerprint density at radius 1 is 1.29 bits per heavy atom. The van der Waals surface area contributed by atoms with E-state index in [1.807, 2.05) is 38.9 Å². The smallest absolute Gasteiger partial charge is 0.407 e. The molecule has 0 bridgehead atoms. The highest BCUT2D eigenvalue weighted by atomic mass is 16.6. The van der Waals surface area contributed by atoms with E-state index in [9.17, 15) is 9.59 Å². The van der Waals surface area contributed by atoms with Gasteiger partial charge in [-0.15, -0.1) is 0 Å². The maximum atomic E-state index is 12.4. The van der Waals surface area contributed by atoms with Crippen LogP contribution in [0.25, 0.3) is 0 Å². The summed E-state index contributed by atoms with van der Waals surface area (Å²) in [7, 11) is 1.86. The van der Waals surface area contributed by atoms with Gasteiger partial charge >= 0.3 is 6.09 Å². The van der Waals surface area contributed by atoms with E-state index < -0.39 is 11.7 Å². The fourth-order valence-electron chi connectivity index (χ4n) is 3.15. The number of amides is 2. The zero-order chi connectivity index (χ0) is 17.5. The molecule has 132 valence electrons. The average molecular weight is 334 g/mol. The summed E-state index contributed by atoms with van der Waals surface area (Å²) in [6.07, 6.45) is 5.27. The number of carbonyl (C=O) groups excluding carboxylic acids is 2. The first kappa shape index (κ1) is 16.8. The molecule has 1 aromatic rings. The molecule has 0 unspecified atom stereocenters. The van der Waals surface area contributed by atoms with Crippen molar-refractivity contribution in [2.75, 3.05) is 13.1 Å². The van der Waals surface area contributed by atoms with E-state index in [1.54, 1.807) is 10.9 Å². The summed E-state index contributed by atoms with van der Waals surface area (Å²) >= 11 is 0. The minimum atomic E-state index is -0.546. The Balaban J connectivity index is 1.72. The summed E-state index contributed by atoms with van der Waals surface area (Å²) in [5.41, 5.74) is 0.486. The zero-order valence-corrected chi connectivity index (χ0v) is 14.8. The Bertz CT molecular complexity index is 630. The van der Waals surface area contributed by atoms with Crippen molar-refractivity contribution < 1.29 is 14.3 Å². The van der Waals surface area contributed by atoms with Gasteiger partial charge in [0.05, 0.1) is 12.2 Å². The van der Waals surface area contributed by atoms with Crippen LogP contribution < -0.4 is 5.32 Å². The monoisotopic (exact) mass is 334 g/mol. The van der Waals surface area contributed by atoms with Crippen LogP contribution in [0.2, 0.25) is 0 Å². The highest BCUT2D eigenvalue weighted by molar-refractivity contribution is 5.81. The second-order valence-corrected chi connectivity index (χ2v) is 7.82. The molecular weight excluding hydrogens is 308 g/mol. The van der Waals surface area contributed by atoms with Gasteiger partial charge in [-0.2, -0.15) is 5.10 Å². The van der Waals surface area contributed by atoms with E-state index in [1.165, 1.54) is 0 Å². The van der Waals surface area contributed by atoms with Gasteiger partial charge in [0.15, 0.2) is 0 Å². The molecule has 24 heavy (non-hydrogen) atoms. The number of nitrogens with zero attached hydrogens (tertiary/aromatic N) is 3. The van der Waals surface area contributed by atoms with Crippen LogP contribution in [0.3, 0.4) is 0 Å². The van der Waals surface area contributed by atoms with Gasteiger partial charge in [-0.3, -0.25) is 9.48 Å². The van der Waals surface area contributed by atoms with Gasteiger partial charge in [-0.25, -0.2) is 4.79 Å². The quantitative estimate of drug-likeness (QED) is 0.912. The third-order valence-electron chi connectivity index (χ3n) is 4.41. The summed E-state index contributed by atoms with van der Waals surface area (Å²) in [6.45, 7) is 6.64. The molecule has 2 aliphatic rings. The van der Waals surface area contributed by atoms with Gasteiger partial charge in [0.25, 0.3) is 0 Å². The van der Waals surface area contributed by atoms with Crippen LogP contribution in [0.15, 0.2) is 12.4 Å². The predicted octanol–water partition coefficient (Wildman–Crippen LogP) is 1.65. The van der Waals surface area contributed by atoms with Crippen molar-refractivity contribution in [3.63, 3.8) is 0 Å². The van der Waals surface area contributed by atoms with Crippen LogP contribution in [0.4, 0.5) is 4.79 Å². The number of aromatic nitrogens is 2. The van der Waals surface area contributed by atoms with Crippen LogP contribution in [0.5, 0.6) is 0 Å². The highest BCUT2D eigenvalue weighted by Crippen LogP contribution is 2.35. The summed E-state index contributed by atoms with van der Waals surface area (Å²) in [5.74, 6) is 0.422. The molecular formula is C17H26N4O3. The predicted molar refractivity (Wildman–Crippen MR) is 88.4 cm³/mol. The molecule has 2 fully saturated rings. The molecule has 1 N–H and O–H groups in total. The molecule has 1 aliphatic heterocycles. The Morgan fingerprint density at radius 2 is 2.00 bits per heavy atom. The van der Waals surface area contributed by atoms with Crippen LogP contribution >= 0.6 is 0 Å². The average Bonchev–Trinajstić information content (AvgIpc) is 3.09. The topological polar surface area (TPSA) is 76.5 Å². The van der Waals surface area contributed by atoms with Crippen molar-refractivity contribution in [2.24, 2.45) is 13.0 Å². The SMILES string of the molecule is Cn1cc([C@@H]2CN(C(=O)C3CC3)C[C@H]2NC(=O)OC(C)(C)C)cn1. The fraction of sp³-hybridized carbons (Fsp3) is 0.706. The molecule has 0 aromatic carbocycles. The van der Waals surface area contributed by atoms with Gasteiger partial charge in [0, 0.05) is 38.2 Å². The van der Waals surface area contributed by atoms with E-state index in [0.717, 1.165) is 18.4 Å². The summed E-state index contributed by atoms with van der Waals surface area (Å²) in [6, 6.07) is -0.160. The third kappa shape index (κ3) is 3.88. The Morgan fingerprint density at radius 3 is 2.54 bits per heavy atom. The Labute approximate surface area is 142 Å². The zero-order valence-electron chi connectivity index (χ0n) is 14.8. The second-order valence-electron chi connectivity index (χ2n) is 7.82. The Kier molecular flexibility index (Phi) is 4.27. The summed E-state index contributed by atoms with van der Waals surface area (Å²) < 4.78 is 7.11. The highest BCUT2D eigenvalue weighted by Gasteiger charge is 2.42.